The number of pyridine rings is 1. The highest BCUT2D eigenvalue weighted by Gasteiger charge is 2.45. The summed E-state index contributed by atoms with van der Waals surface area (Å²) in [4.78, 5) is 14.8. The predicted octanol–water partition coefficient (Wildman–Crippen LogP) is 4.49. The number of fused-ring (bicyclic) bond motifs is 3. The molecule has 0 aliphatic carbocycles. The van der Waals surface area contributed by atoms with E-state index >= 15 is 0 Å². The molecule has 2 fully saturated rings. The van der Waals surface area contributed by atoms with Gasteiger partial charge in [0.15, 0.2) is 0 Å². The van der Waals surface area contributed by atoms with Crippen molar-refractivity contribution >= 4 is 11.6 Å². The molecular weight excluding hydrogens is 432 g/mol. The smallest absolute Gasteiger partial charge is 0.410 e. The number of ether oxygens (including phenoxy) is 2. The Balaban J connectivity index is 1.42. The Morgan fingerprint density at radius 2 is 1.85 bits per heavy atom. The molecule has 5 heterocycles. The lowest BCUT2D eigenvalue weighted by molar-refractivity contribution is 0.00223. The fourth-order valence-corrected chi connectivity index (χ4v) is 5.50. The lowest BCUT2D eigenvalue weighted by atomic mass is 9.97. The monoisotopic (exact) mass is 462 g/mol. The summed E-state index contributed by atoms with van der Waals surface area (Å²) in [5.41, 5.74) is 3.62. The highest BCUT2D eigenvalue weighted by Crippen LogP contribution is 2.42. The molecule has 1 unspecified atom stereocenters. The van der Waals surface area contributed by atoms with Gasteiger partial charge in [0.2, 0.25) is 0 Å². The molecule has 1 amide bonds. The van der Waals surface area contributed by atoms with E-state index in [1.165, 1.54) is 0 Å². The molecule has 3 aromatic heterocycles. The van der Waals surface area contributed by atoms with Crippen LogP contribution < -0.4 is 4.74 Å². The first-order valence-corrected chi connectivity index (χ1v) is 11.7. The third-order valence-electron chi connectivity index (χ3n) is 6.93. The second kappa shape index (κ2) is 8.05. The van der Waals surface area contributed by atoms with Gasteiger partial charge in [-0.25, -0.2) is 9.31 Å². The van der Waals surface area contributed by atoms with E-state index in [-0.39, 0.29) is 24.2 Å². The maximum atomic E-state index is 12.8. The van der Waals surface area contributed by atoms with Gasteiger partial charge in [0.05, 0.1) is 25.5 Å². The first-order chi connectivity index (χ1) is 16.2. The third-order valence-corrected chi connectivity index (χ3v) is 6.93. The highest BCUT2D eigenvalue weighted by atomic mass is 16.6. The average Bonchev–Trinajstić information content (AvgIpc) is 3.45. The number of rotatable bonds is 3. The first-order valence-electron chi connectivity index (χ1n) is 11.7. The van der Waals surface area contributed by atoms with E-state index in [2.05, 4.69) is 22.8 Å². The molecule has 3 aromatic rings. The summed E-state index contributed by atoms with van der Waals surface area (Å²) in [5.74, 6) is 0.599. The summed E-state index contributed by atoms with van der Waals surface area (Å²) < 4.78 is 15.0. The molecule has 34 heavy (non-hydrogen) atoms. The van der Waals surface area contributed by atoms with Gasteiger partial charge in [-0.05, 0) is 59.4 Å². The van der Waals surface area contributed by atoms with Crippen molar-refractivity contribution in [3.63, 3.8) is 0 Å². The van der Waals surface area contributed by atoms with Crippen molar-refractivity contribution in [3.05, 3.63) is 35.9 Å². The number of carbonyl (C=O) groups excluding carboxylic acids is 1. The fraction of sp³-hybridized carbons (Fsp3) is 0.520. The summed E-state index contributed by atoms with van der Waals surface area (Å²) in [6, 6.07) is 4.68. The van der Waals surface area contributed by atoms with E-state index in [1.54, 1.807) is 17.8 Å². The van der Waals surface area contributed by atoms with Crippen LogP contribution in [0.5, 0.6) is 5.75 Å². The lowest BCUT2D eigenvalue weighted by Gasteiger charge is -2.39. The number of carbonyl (C=O) groups is 1. The lowest BCUT2D eigenvalue weighted by Crippen LogP contribution is -2.49. The number of aromatic nitrogens is 4. The molecule has 0 spiro atoms. The number of hydrogen-bond acceptors (Lipinski definition) is 6. The molecule has 3 atom stereocenters. The number of nitrogens with zero attached hydrogens (tertiary/aromatic N) is 6. The Labute approximate surface area is 198 Å². The molecule has 0 aromatic carbocycles. The van der Waals surface area contributed by atoms with Crippen molar-refractivity contribution < 1.29 is 14.3 Å². The minimum Gasteiger partial charge on any atom is -0.494 e. The summed E-state index contributed by atoms with van der Waals surface area (Å²) in [7, 11) is 1.60. The van der Waals surface area contributed by atoms with Crippen LogP contribution in [0.15, 0.2) is 24.7 Å². The molecule has 2 aliphatic rings. The molecule has 9 nitrogen and oxygen atoms in total. The molecule has 2 aliphatic heterocycles. The number of nitriles is 1. The number of hydrogen-bond donors (Lipinski definition) is 0. The van der Waals surface area contributed by atoms with Crippen LogP contribution in [0.25, 0.3) is 16.6 Å². The summed E-state index contributed by atoms with van der Waals surface area (Å²) in [5, 5.41) is 18.5. The van der Waals surface area contributed by atoms with Gasteiger partial charge in [-0.1, -0.05) is 0 Å². The zero-order valence-electron chi connectivity index (χ0n) is 20.3. The predicted molar refractivity (Wildman–Crippen MR) is 126 cm³/mol. The Bertz CT molecular complexity index is 1280. The van der Waals surface area contributed by atoms with Crippen LogP contribution in [0.3, 0.4) is 0 Å². The SMILES string of the molecule is COc1cc(-c2cnn(C3C[C@H]4CC[C@@H](C3)N4C(=O)OC(C)(C)C)c2C)cn2ncc(C#N)c12. The van der Waals surface area contributed by atoms with Crippen molar-refractivity contribution in [1.82, 2.24) is 24.3 Å². The summed E-state index contributed by atoms with van der Waals surface area (Å²) in [6.07, 6.45) is 8.87. The second-order valence-electron chi connectivity index (χ2n) is 10.2. The topological polar surface area (TPSA) is 97.7 Å². The van der Waals surface area contributed by atoms with E-state index in [1.807, 2.05) is 44.1 Å². The molecule has 5 rings (SSSR count). The van der Waals surface area contributed by atoms with Gasteiger partial charge in [-0.2, -0.15) is 15.5 Å². The zero-order valence-corrected chi connectivity index (χ0v) is 20.3. The van der Waals surface area contributed by atoms with Crippen LogP contribution in [0.2, 0.25) is 0 Å². The normalized spacial score (nSPS) is 22.1. The van der Waals surface area contributed by atoms with Crippen LogP contribution in [-0.2, 0) is 4.74 Å². The quantitative estimate of drug-likeness (QED) is 0.569. The van der Waals surface area contributed by atoms with Crippen LogP contribution >= 0.6 is 0 Å². The molecule has 0 radical (unpaired) electrons. The maximum Gasteiger partial charge on any atom is 0.410 e. The largest absolute Gasteiger partial charge is 0.494 e. The molecule has 0 N–H and O–H groups in total. The van der Waals surface area contributed by atoms with Crippen molar-refractivity contribution in [1.29, 1.82) is 5.26 Å². The standard InChI is InChI=1S/C25H30N6O3/c1-15-21(16-8-22(33-5)23-17(11-26)12-27-29(23)14-16)13-28-31(15)20-9-18-6-7-19(10-20)30(18)24(32)34-25(2,3)4/h8,12-14,18-20H,6-7,9-10H2,1-5H3/t18-,19+,20?. The molecule has 0 saturated carbocycles. The van der Waals surface area contributed by atoms with Crippen molar-refractivity contribution in [2.75, 3.05) is 7.11 Å². The molecule has 178 valence electrons. The van der Waals surface area contributed by atoms with E-state index in [0.717, 1.165) is 42.5 Å². The van der Waals surface area contributed by atoms with E-state index in [4.69, 9.17) is 14.6 Å². The van der Waals surface area contributed by atoms with Crippen molar-refractivity contribution in [2.24, 2.45) is 0 Å². The van der Waals surface area contributed by atoms with Gasteiger partial charge in [0.1, 0.15) is 28.5 Å². The molecule has 2 bridgehead atoms. The number of piperidine rings is 1. The van der Waals surface area contributed by atoms with Crippen LogP contribution in [0.1, 0.15) is 63.8 Å². The average molecular weight is 463 g/mol. The molecular formula is C25H30N6O3. The van der Waals surface area contributed by atoms with Gasteiger partial charge < -0.3 is 14.4 Å². The Morgan fingerprint density at radius 3 is 2.47 bits per heavy atom. The van der Waals surface area contributed by atoms with Crippen LogP contribution in [-0.4, -0.2) is 55.2 Å². The van der Waals surface area contributed by atoms with E-state index < -0.39 is 5.60 Å². The van der Waals surface area contributed by atoms with Gasteiger partial charge in [-0.3, -0.25) is 4.68 Å². The second-order valence-corrected chi connectivity index (χ2v) is 10.2. The van der Waals surface area contributed by atoms with Crippen molar-refractivity contribution in [2.45, 2.75) is 77.1 Å². The van der Waals surface area contributed by atoms with Gasteiger partial charge >= 0.3 is 6.09 Å². The van der Waals surface area contributed by atoms with Gasteiger partial charge in [0, 0.05) is 35.1 Å². The number of amides is 1. The highest BCUT2D eigenvalue weighted by molar-refractivity contribution is 5.76. The van der Waals surface area contributed by atoms with Gasteiger partial charge in [-0.15, -0.1) is 0 Å². The minimum atomic E-state index is -0.494. The van der Waals surface area contributed by atoms with Gasteiger partial charge in [0.25, 0.3) is 0 Å². The summed E-state index contributed by atoms with van der Waals surface area (Å²) in [6.45, 7) is 7.80. The van der Waals surface area contributed by atoms with E-state index in [0.29, 0.717) is 16.8 Å². The molecule has 9 heteroatoms. The van der Waals surface area contributed by atoms with Crippen LogP contribution in [0, 0.1) is 18.3 Å². The van der Waals surface area contributed by atoms with Crippen molar-refractivity contribution in [3.8, 4) is 22.9 Å². The summed E-state index contributed by atoms with van der Waals surface area (Å²) >= 11 is 0. The zero-order chi connectivity index (χ0) is 24.2. The first kappa shape index (κ1) is 22.3. The maximum absolute atomic E-state index is 12.8. The Hall–Kier alpha value is -3.54. The van der Waals surface area contributed by atoms with Crippen LogP contribution in [0.4, 0.5) is 4.79 Å². The third kappa shape index (κ3) is 3.67. The fourth-order valence-electron chi connectivity index (χ4n) is 5.50. The molecule has 2 saturated heterocycles. The Morgan fingerprint density at radius 1 is 1.15 bits per heavy atom. The van der Waals surface area contributed by atoms with E-state index in [9.17, 15) is 10.1 Å². The Kier molecular flexibility index (Phi) is 5.27. The number of methoxy groups -OCH3 is 1. The minimum absolute atomic E-state index is 0.176.